The molecular formula is C12H19NO. The average molecular weight is 193 g/mol. The van der Waals surface area contributed by atoms with Gasteiger partial charge in [-0.3, -0.25) is 0 Å². The van der Waals surface area contributed by atoms with Gasteiger partial charge in [0.05, 0.1) is 6.61 Å². The van der Waals surface area contributed by atoms with Gasteiger partial charge in [-0.25, -0.2) is 0 Å². The number of nitrogens with one attached hydrogen (secondary N) is 1. The van der Waals surface area contributed by atoms with E-state index in [1.54, 1.807) is 0 Å². The molecule has 14 heavy (non-hydrogen) atoms. The first-order chi connectivity index (χ1) is 6.67. The maximum Gasteiger partial charge on any atom is 0.0555 e. The SMILES string of the molecule is CC(C)(CNCCO)c1ccccc1. The van der Waals surface area contributed by atoms with Crippen molar-refractivity contribution < 1.29 is 5.11 Å². The van der Waals surface area contributed by atoms with Crippen molar-refractivity contribution in [2.24, 2.45) is 0 Å². The van der Waals surface area contributed by atoms with Crippen LogP contribution >= 0.6 is 0 Å². The molecule has 1 aromatic carbocycles. The lowest BCUT2D eigenvalue weighted by molar-refractivity contribution is 0.286. The van der Waals surface area contributed by atoms with Crippen LogP contribution in [-0.4, -0.2) is 24.8 Å². The molecule has 1 aromatic rings. The molecule has 0 amide bonds. The molecular weight excluding hydrogens is 174 g/mol. The topological polar surface area (TPSA) is 32.3 Å². The highest BCUT2D eigenvalue weighted by atomic mass is 16.3. The Morgan fingerprint density at radius 2 is 1.86 bits per heavy atom. The van der Waals surface area contributed by atoms with Crippen LogP contribution in [0.5, 0.6) is 0 Å². The van der Waals surface area contributed by atoms with Gasteiger partial charge >= 0.3 is 0 Å². The second-order valence-electron chi connectivity index (χ2n) is 4.15. The molecule has 2 nitrogen and oxygen atoms in total. The Hall–Kier alpha value is -0.860. The van der Waals surface area contributed by atoms with Gasteiger partial charge in [-0.15, -0.1) is 0 Å². The predicted molar refractivity (Wildman–Crippen MR) is 59.4 cm³/mol. The zero-order chi connectivity index (χ0) is 10.4. The van der Waals surface area contributed by atoms with Crippen LogP contribution < -0.4 is 5.32 Å². The van der Waals surface area contributed by atoms with Crippen molar-refractivity contribution in [3.8, 4) is 0 Å². The van der Waals surface area contributed by atoms with Gasteiger partial charge in [-0.2, -0.15) is 0 Å². The predicted octanol–water partition coefficient (Wildman–Crippen LogP) is 1.55. The summed E-state index contributed by atoms with van der Waals surface area (Å²) in [7, 11) is 0. The van der Waals surface area contributed by atoms with Gasteiger partial charge < -0.3 is 10.4 Å². The van der Waals surface area contributed by atoms with Crippen LogP contribution in [0.3, 0.4) is 0 Å². The lowest BCUT2D eigenvalue weighted by Gasteiger charge is -2.25. The number of benzene rings is 1. The monoisotopic (exact) mass is 193 g/mol. The van der Waals surface area contributed by atoms with E-state index >= 15 is 0 Å². The van der Waals surface area contributed by atoms with Gasteiger partial charge in [0.15, 0.2) is 0 Å². The van der Waals surface area contributed by atoms with Gasteiger partial charge in [-0.05, 0) is 5.56 Å². The van der Waals surface area contributed by atoms with Crippen molar-refractivity contribution >= 4 is 0 Å². The van der Waals surface area contributed by atoms with Gasteiger partial charge in [-0.1, -0.05) is 44.2 Å². The minimum absolute atomic E-state index is 0.121. The Bertz CT molecular complexity index is 256. The van der Waals surface area contributed by atoms with Crippen LogP contribution in [0.1, 0.15) is 19.4 Å². The molecule has 0 aliphatic rings. The number of aliphatic hydroxyl groups excluding tert-OH is 1. The van der Waals surface area contributed by atoms with Crippen LogP contribution in [0.4, 0.5) is 0 Å². The Morgan fingerprint density at radius 1 is 1.21 bits per heavy atom. The third kappa shape index (κ3) is 3.13. The Kier molecular flexibility index (Phi) is 4.11. The van der Waals surface area contributed by atoms with E-state index < -0.39 is 0 Å². The summed E-state index contributed by atoms with van der Waals surface area (Å²) in [5.41, 5.74) is 1.45. The molecule has 0 atom stereocenters. The molecule has 0 heterocycles. The first-order valence-electron chi connectivity index (χ1n) is 5.04. The average Bonchev–Trinajstić information content (AvgIpc) is 2.19. The maximum atomic E-state index is 8.67. The van der Waals surface area contributed by atoms with Crippen LogP contribution in [0.25, 0.3) is 0 Å². The van der Waals surface area contributed by atoms with Crippen molar-refractivity contribution in [1.82, 2.24) is 5.32 Å². The lowest BCUT2D eigenvalue weighted by Crippen LogP contribution is -2.34. The summed E-state index contributed by atoms with van der Waals surface area (Å²) in [5, 5.41) is 11.9. The second-order valence-corrected chi connectivity index (χ2v) is 4.15. The standard InChI is InChI=1S/C12H19NO/c1-12(2,10-13-8-9-14)11-6-4-3-5-7-11/h3-7,13-14H,8-10H2,1-2H3. The zero-order valence-corrected chi connectivity index (χ0v) is 8.96. The van der Waals surface area contributed by atoms with E-state index in [0.29, 0.717) is 6.54 Å². The summed E-state index contributed by atoms with van der Waals surface area (Å²) < 4.78 is 0. The molecule has 2 N–H and O–H groups in total. The molecule has 0 aromatic heterocycles. The minimum atomic E-state index is 0.121. The van der Waals surface area contributed by atoms with Crippen LogP contribution in [-0.2, 0) is 5.41 Å². The molecule has 0 aliphatic carbocycles. The molecule has 0 spiro atoms. The fraction of sp³-hybridized carbons (Fsp3) is 0.500. The molecule has 2 heteroatoms. The Labute approximate surface area is 86.0 Å². The highest BCUT2D eigenvalue weighted by Crippen LogP contribution is 2.21. The van der Waals surface area contributed by atoms with Crippen molar-refractivity contribution in [2.45, 2.75) is 19.3 Å². The number of hydrogen-bond donors (Lipinski definition) is 2. The van der Waals surface area contributed by atoms with E-state index in [4.69, 9.17) is 5.11 Å². The smallest absolute Gasteiger partial charge is 0.0555 e. The van der Waals surface area contributed by atoms with E-state index in [2.05, 4.69) is 43.4 Å². The van der Waals surface area contributed by atoms with Crippen molar-refractivity contribution in [2.75, 3.05) is 19.7 Å². The Morgan fingerprint density at radius 3 is 2.43 bits per heavy atom. The minimum Gasteiger partial charge on any atom is -0.395 e. The van der Waals surface area contributed by atoms with E-state index in [9.17, 15) is 0 Å². The van der Waals surface area contributed by atoms with Crippen molar-refractivity contribution in [3.05, 3.63) is 35.9 Å². The van der Waals surface area contributed by atoms with E-state index in [1.807, 2.05) is 6.07 Å². The lowest BCUT2D eigenvalue weighted by atomic mass is 9.85. The van der Waals surface area contributed by atoms with Gasteiger partial charge in [0.1, 0.15) is 0 Å². The normalized spacial score (nSPS) is 11.6. The summed E-state index contributed by atoms with van der Waals surface area (Å²) in [4.78, 5) is 0. The Balaban J connectivity index is 2.56. The molecule has 0 bridgehead atoms. The number of hydrogen-bond acceptors (Lipinski definition) is 2. The van der Waals surface area contributed by atoms with Crippen molar-refractivity contribution in [3.63, 3.8) is 0 Å². The third-order valence-corrected chi connectivity index (χ3v) is 2.41. The maximum absolute atomic E-state index is 8.67. The molecule has 0 fully saturated rings. The molecule has 0 radical (unpaired) electrons. The summed E-state index contributed by atoms with van der Waals surface area (Å²) in [6, 6.07) is 10.4. The highest BCUT2D eigenvalue weighted by Gasteiger charge is 2.18. The third-order valence-electron chi connectivity index (χ3n) is 2.41. The van der Waals surface area contributed by atoms with E-state index in [-0.39, 0.29) is 12.0 Å². The molecule has 0 aliphatic heterocycles. The van der Waals surface area contributed by atoms with Gasteiger partial charge in [0.25, 0.3) is 0 Å². The molecule has 0 saturated carbocycles. The van der Waals surface area contributed by atoms with Gasteiger partial charge in [0, 0.05) is 18.5 Å². The largest absolute Gasteiger partial charge is 0.395 e. The number of rotatable bonds is 5. The summed E-state index contributed by atoms with van der Waals surface area (Å²) in [6.45, 7) is 6.15. The number of aliphatic hydroxyl groups is 1. The first-order valence-corrected chi connectivity index (χ1v) is 5.04. The highest BCUT2D eigenvalue weighted by molar-refractivity contribution is 5.23. The van der Waals surface area contributed by atoms with Crippen molar-refractivity contribution in [1.29, 1.82) is 0 Å². The summed E-state index contributed by atoms with van der Waals surface area (Å²) in [5.74, 6) is 0. The van der Waals surface area contributed by atoms with E-state index in [0.717, 1.165) is 6.54 Å². The first kappa shape index (κ1) is 11.2. The van der Waals surface area contributed by atoms with Crippen LogP contribution in [0.2, 0.25) is 0 Å². The second kappa shape index (κ2) is 5.13. The molecule has 1 rings (SSSR count). The summed E-state index contributed by atoms with van der Waals surface area (Å²) in [6.07, 6.45) is 0. The zero-order valence-electron chi connectivity index (χ0n) is 8.96. The molecule has 0 saturated heterocycles. The fourth-order valence-corrected chi connectivity index (χ4v) is 1.47. The van der Waals surface area contributed by atoms with E-state index in [1.165, 1.54) is 5.56 Å². The summed E-state index contributed by atoms with van der Waals surface area (Å²) >= 11 is 0. The van der Waals surface area contributed by atoms with Crippen LogP contribution in [0, 0.1) is 0 Å². The molecule has 78 valence electrons. The fourth-order valence-electron chi connectivity index (χ4n) is 1.47. The van der Waals surface area contributed by atoms with Crippen LogP contribution in [0.15, 0.2) is 30.3 Å². The van der Waals surface area contributed by atoms with Gasteiger partial charge in [0.2, 0.25) is 0 Å². The molecule has 0 unspecified atom stereocenters. The quantitative estimate of drug-likeness (QED) is 0.695.